The van der Waals surface area contributed by atoms with Gasteiger partial charge in [-0.05, 0) is 43.4 Å². The van der Waals surface area contributed by atoms with Crippen molar-refractivity contribution < 1.29 is 17.9 Å². The van der Waals surface area contributed by atoms with E-state index in [2.05, 4.69) is 12.2 Å². The molecule has 25 heavy (non-hydrogen) atoms. The summed E-state index contributed by atoms with van der Waals surface area (Å²) in [5.41, 5.74) is 0.255. The second-order valence-electron chi connectivity index (χ2n) is 6.56. The molecule has 1 aromatic carbocycles. The van der Waals surface area contributed by atoms with Gasteiger partial charge >= 0.3 is 0 Å². The van der Waals surface area contributed by atoms with Crippen molar-refractivity contribution in [1.29, 1.82) is 0 Å². The highest BCUT2D eigenvalue weighted by atomic mass is 32.2. The number of piperidine rings is 1. The van der Waals surface area contributed by atoms with Crippen LogP contribution in [0.1, 0.15) is 49.9 Å². The first-order valence-corrected chi connectivity index (χ1v) is 10.3. The average molecular weight is 368 g/mol. The number of amides is 1. The van der Waals surface area contributed by atoms with Crippen molar-refractivity contribution in [2.45, 2.75) is 44.4 Å². The Labute approximate surface area is 150 Å². The molecule has 0 aliphatic carbocycles. The lowest BCUT2D eigenvalue weighted by molar-refractivity contribution is 0.0950. The highest BCUT2D eigenvalue weighted by molar-refractivity contribution is 7.89. The molecular formula is C18H28N2O4S. The molecule has 1 fully saturated rings. The minimum absolute atomic E-state index is 0.142. The molecule has 0 radical (unpaired) electrons. The van der Waals surface area contributed by atoms with Gasteiger partial charge < -0.3 is 10.1 Å². The summed E-state index contributed by atoms with van der Waals surface area (Å²) in [7, 11) is -2.12. The number of hydrogen-bond donors (Lipinski definition) is 1. The van der Waals surface area contributed by atoms with Crippen LogP contribution >= 0.6 is 0 Å². The molecule has 1 aromatic rings. The third kappa shape index (κ3) is 4.73. The molecule has 1 amide bonds. The first kappa shape index (κ1) is 19.7. The lowest BCUT2D eigenvalue weighted by Gasteiger charge is -2.29. The fourth-order valence-electron chi connectivity index (χ4n) is 2.87. The van der Waals surface area contributed by atoms with E-state index in [0.29, 0.717) is 31.3 Å². The molecule has 0 atom stereocenters. The fourth-order valence-corrected chi connectivity index (χ4v) is 4.37. The van der Waals surface area contributed by atoms with Gasteiger partial charge in [0, 0.05) is 19.6 Å². The second-order valence-corrected chi connectivity index (χ2v) is 8.50. The highest BCUT2D eigenvalue weighted by Gasteiger charge is 2.29. The molecule has 1 aliphatic rings. The largest absolute Gasteiger partial charge is 0.496 e. The molecule has 140 valence electrons. The minimum atomic E-state index is -3.59. The Bertz CT molecular complexity index is 695. The van der Waals surface area contributed by atoms with Crippen LogP contribution in [-0.2, 0) is 10.0 Å². The van der Waals surface area contributed by atoms with E-state index in [4.69, 9.17) is 4.74 Å². The molecule has 0 bridgehead atoms. The molecule has 2 rings (SSSR count). The molecule has 0 unspecified atom stereocenters. The van der Waals surface area contributed by atoms with Crippen LogP contribution in [0.2, 0.25) is 0 Å². The SMILES string of the molecule is CCCCNC(=O)c1cc(S(=O)(=O)N2CCC(C)CC2)ccc1OC. The van der Waals surface area contributed by atoms with Gasteiger partial charge in [0.15, 0.2) is 0 Å². The number of rotatable bonds is 7. The summed E-state index contributed by atoms with van der Waals surface area (Å²) < 4.78 is 32.5. The summed E-state index contributed by atoms with van der Waals surface area (Å²) >= 11 is 0. The molecule has 0 spiro atoms. The lowest BCUT2D eigenvalue weighted by Crippen LogP contribution is -2.38. The summed E-state index contributed by atoms with van der Waals surface area (Å²) in [6.45, 7) is 5.77. The van der Waals surface area contributed by atoms with Crippen LogP contribution in [-0.4, -0.2) is 45.4 Å². The van der Waals surface area contributed by atoms with Crippen molar-refractivity contribution >= 4 is 15.9 Å². The molecule has 1 N–H and O–H groups in total. The third-order valence-electron chi connectivity index (χ3n) is 4.61. The van der Waals surface area contributed by atoms with Crippen molar-refractivity contribution in [1.82, 2.24) is 9.62 Å². The van der Waals surface area contributed by atoms with E-state index < -0.39 is 10.0 Å². The van der Waals surface area contributed by atoms with Crippen LogP contribution < -0.4 is 10.1 Å². The van der Waals surface area contributed by atoms with E-state index in [9.17, 15) is 13.2 Å². The molecule has 0 aromatic heterocycles. The molecule has 0 saturated carbocycles. The van der Waals surface area contributed by atoms with Gasteiger partial charge in [0.05, 0.1) is 17.6 Å². The zero-order chi connectivity index (χ0) is 18.4. The second kappa shape index (κ2) is 8.67. The van der Waals surface area contributed by atoms with E-state index in [1.165, 1.54) is 23.5 Å². The van der Waals surface area contributed by atoms with Crippen LogP contribution in [0.25, 0.3) is 0 Å². The average Bonchev–Trinajstić information content (AvgIpc) is 2.61. The smallest absolute Gasteiger partial charge is 0.255 e. The van der Waals surface area contributed by atoms with Gasteiger partial charge in [0.2, 0.25) is 10.0 Å². The number of unbranched alkanes of at least 4 members (excludes halogenated alkanes) is 1. The van der Waals surface area contributed by atoms with Gasteiger partial charge in [-0.15, -0.1) is 0 Å². The van der Waals surface area contributed by atoms with Gasteiger partial charge in [-0.3, -0.25) is 4.79 Å². The van der Waals surface area contributed by atoms with Crippen LogP contribution in [0.5, 0.6) is 5.75 Å². The Morgan fingerprint density at radius 1 is 1.32 bits per heavy atom. The monoisotopic (exact) mass is 368 g/mol. The normalized spacial score (nSPS) is 16.6. The number of nitrogens with one attached hydrogen (secondary N) is 1. The molecule has 1 saturated heterocycles. The van der Waals surface area contributed by atoms with Crippen molar-refractivity contribution in [3.05, 3.63) is 23.8 Å². The predicted molar refractivity (Wildman–Crippen MR) is 97.4 cm³/mol. The molecule has 1 aliphatic heterocycles. The van der Waals surface area contributed by atoms with Gasteiger partial charge in [-0.1, -0.05) is 20.3 Å². The number of carbonyl (C=O) groups is 1. The maximum absolute atomic E-state index is 12.9. The Balaban J connectivity index is 2.26. The molecule has 7 heteroatoms. The number of nitrogens with zero attached hydrogens (tertiary/aromatic N) is 1. The Morgan fingerprint density at radius 2 is 2.00 bits per heavy atom. The van der Waals surface area contributed by atoms with Gasteiger partial charge in [-0.25, -0.2) is 8.42 Å². The molecular weight excluding hydrogens is 340 g/mol. The zero-order valence-electron chi connectivity index (χ0n) is 15.2. The molecule has 1 heterocycles. The van der Waals surface area contributed by atoms with Crippen molar-refractivity contribution in [2.24, 2.45) is 5.92 Å². The van der Waals surface area contributed by atoms with E-state index in [0.717, 1.165) is 25.7 Å². The van der Waals surface area contributed by atoms with Crippen LogP contribution in [0.3, 0.4) is 0 Å². The molecule has 6 nitrogen and oxygen atoms in total. The number of hydrogen-bond acceptors (Lipinski definition) is 4. The Hall–Kier alpha value is -1.60. The summed E-state index contributed by atoms with van der Waals surface area (Å²) in [5, 5.41) is 2.81. The summed E-state index contributed by atoms with van der Waals surface area (Å²) in [4.78, 5) is 12.5. The van der Waals surface area contributed by atoms with Gasteiger partial charge in [-0.2, -0.15) is 4.31 Å². The van der Waals surface area contributed by atoms with Crippen LogP contribution in [0.15, 0.2) is 23.1 Å². The van der Waals surface area contributed by atoms with Gasteiger partial charge in [0.1, 0.15) is 5.75 Å². The summed E-state index contributed by atoms with van der Waals surface area (Å²) in [6.07, 6.45) is 3.57. The quantitative estimate of drug-likeness (QED) is 0.751. The number of carbonyl (C=O) groups excluding carboxylic acids is 1. The number of benzene rings is 1. The standard InChI is InChI=1S/C18H28N2O4S/c1-4-5-10-19-18(21)16-13-15(6-7-17(16)24-3)25(22,23)20-11-8-14(2)9-12-20/h6-7,13-14H,4-5,8-12H2,1-3H3,(H,19,21). The topological polar surface area (TPSA) is 75.7 Å². The summed E-state index contributed by atoms with van der Waals surface area (Å²) in [6, 6.07) is 4.48. The van der Waals surface area contributed by atoms with E-state index >= 15 is 0 Å². The van der Waals surface area contributed by atoms with Crippen LogP contribution in [0.4, 0.5) is 0 Å². The Kier molecular flexibility index (Phi) is 6.84. The number of ether oxygens (including phenoxy) is 1. The van der Waals surface area contributed by atoms with Gasteiger partial charge in [0.25, 0.3) is 5.91 Å². The third-order valence-corrected chi connectivity index (χ3v) is 6.51. The fraction of sp³-hybridized carbons (Fsp3) is 0.611. The lowest BCUT2D eigenvalue weighted by atomic mass is 10.0. The maximum atomic E-state index is 12.9. The number of sulfonamides is 1. The van der Waals surface area contributed by atoms with E-state index in [-0.39, 0.29) is 16.4 Å². The van der Waals surface area contributed by atoms with Crippen LogP contribution in [0, 0.1) is 5.92 Å². The highest BCUT2D eigenvalue weighted by Crippen LogP contribution is 2.27. The van der Waals surface area contributed by atoms with Crippen molar-refractivity contribution in [3.63, 3.8) is 0 Å². The van der Waals surface area contributed by atoms with Crippen molar-refractivity contribution in [3.8, 4) is 5.75 Å². The predicted octanol–water partition coefficient (Wildman–Crippen LogP) is 2.65. The zero-order valence-corrected chi connectivity index (χ0v) is 16.1. The maximum Gasteiger partial charge on any atom is 0.255 e. The van der Waals surface area contributed by atoms with Crippen molar-refractivity contribution in [2.75, 3.05) is 26.7 Å². The first-order valence-electron chi connectivity index (χ1n) is 8.86. The van der Waals surface area contributed by atoms with E-state index in [1.54, 1.807) is 6.07 Å². The Morgan fingerprint density at radius 3 is 2.60 bits per heavy atom. The first-order chi connectivity index (χ1) is 11.9. The van der Waals surface area contributed by atoms with E-state index in [1.807, 2.05) is 6.92 Å². The summed E-state index contributed by atoms with van der Waals surface area (Å²) in [5.74, 6) is 0.608. The number of methoxy groups -OCH3 is 1. The minimum Gasteiger partial charge on any atom is -0.496 e.